The summed E-state index contributed by atoms with van der Waals surface area (Å²) in [6.07, 6.45) is 0. The molecule has 0 saturated carbocycles. The summed E-state index contributed by atoms with van der Waals surface area (Å²) >= 11 is 3.50. The van der Waals surface area contributed by atoms with Gasteiger partial charge in [0.1, 0.15) is 0 Å². The summed E-state index contributed by atoms with van der Waals surface area (Å²) in [5, 5.41) is 7.09. The van der Waals surface area contributed by atoms with Gasteiger partial charge >= 0.3 is 0 Å². The van der Waals surface area contributed by atoms with Crippen molar-refractivity contribution in [2.24, 2.45) is 5.10 Å². The molecule has 0 aromatic heterocycles. The fourth-order valence-corrected chi connectivity index (χ4v) is 4.18. The molecule has 1 fully saturated rings. The highest BCUT2D eigenvalue weighted by atomic mass is 79.9. The molecule has 1 heterocycles. The molecule has 3 aromatic carbocycles. The molecule has 1 aliphatic rings. The lowest BCUT2D eigenvalue weighted by Crippen LogP contribution is -2.46. The van der Waals surface area contributed by atoms with Crippen LogP contribution < -0.4 is 0 Å². The van der Waals surface area contributed by atoms with Crippen molar-refractivity contribution in [3.8, 4) is 0 Å². The summed E-state index contributed by atoms with van der Waals surface area (Å²) in [5.41, 5.74) is 4.93. The predicted molar refractivity (Wildman–Crippen MR) is 124 cm³/mol. The number of nitrogens with zero attached hydrogens (tertiary/aromatic N) is 3. The molecule has 1 aliphatic heterocycles. The number of piperazine rings is 1. The number of hydrazone groups is 1. The topological polar surface area (TPSA) is 18.8 Å². The average Bonchev–Trinajstić information content (AvgIpc) is 2.77. The first kappa shape index (κ1) is 19.9. The molecule has 0 spiro atoms. The standard InChI is InChI=1S/C25H26BrN3/c1-20(21-12-14-24(26)15-13-21)27-29-18-16-28(17-19-29)25(22-8-4-2-5-9-22)23-10-6-3-7-11-23/h2-15,25H,16-19H2,1H3/b27-20-. The van der Waals surface area contributed by atoms with Crippen molar-refractivity contribution in [3.63, 3.8) is 0 Å². The number of benzene rings is 3. The van der Waals surface area contributed by atoms with Crippen molar-refractivity contribution >= 4 is 21.6 Å². The third-order valence-electron chi connectivity index (χ3n) is 5.44. The molecule has 0 unspecified atom stereocenters. The largest absolute Gasteiger partial charge is 0.294 e. The Morgan fingerprint density at radius 2 is 1.28 bits per heavy atom. The van der Waals surface area contributed by atoms with Gasteiger partial charge in [0, 0.05) is 30.7 Å². The van der Waals surface area contributed by atoms with Gasteiger partial charge in [0.15, 0.2) is 0 Å². The van der Waals surface area contributed by atoms with Gasteiger partial charge in [-0.2, -0.15) is 5.10 Å². The zero-order valence-corrected chi connectivity index (χ0v) is 18.3. The predicted octanol–water partition coefficient (Wildman–Crippen LogP) is 5.58. The third kappa shape index (κ3) is 4.95. The lowest BCUT2D eigenvalue weighted by molar-refractivity contribution is 0.112. The minimum atomic E-state index is 0.288. The van der Waals surface area contributed by atoms with Crippen LogP contribution in [0.4, 0.5) is 0 Å². The van der Waals surface area contributed by atoms with Gasteiger partial charge in [-0.05, 0) is 35.7 Å². The average molecular weight is 448 g/mol. The van der Waals surface area contributed by atoms with Crippen LogP contribution in [0.15, 0.2) is 94.5 Å². The Kier molecular flexibility index (Phi) is 6.43. The molecule has 4 rings (SSSR count). The Morgan fingerprint density at radius 3 is 1.79 bits per heavy atom. The van der Waals surface area contributed by atoms with Crippen LogP contribution in [-0.4, -0.2) is 41.8 Å². The quantitative estimate of drug-likeness (QED) is 0.475. The smallest absolute Gasteiger partial charge is 0.0646 e. The van der Waals surface area contributed by atoms with E-state index in [0.29, 0.717) is 0 Å². The van der Waals surface area contributed by atoms with Gasteiger partial charge in [-0.3, -0.25) is 9.91 Å². The molecular weight excluding hydrogens is 422 g/mol. The molecular formula is C25H26BrN3. The monoisotopic (exact) mass is 447 g/mol. The molecule has 29 heavy (non-hydrogen) atoms. The van der Waals surface area contributed by atoms with Gasteiger partial charge in [0.2, 0.25) is 0 Å². The van der Waals surface area contributed by atoms with E-state index < -0.39 is 0 Å². The molecule has 3 aromatic rings. The van der Waals surface area contributed by atoms with Gasteiger partial charge < -0.3 is 0 Å². The third-order valence-corrected chi connectivity index (χ3v) is 5.97. The van der Waals surface area contributed by atoms with Gasteiger partial charge in [-0.1, -0.05) is 88.7 Å². The maximum Gasteiger partial charge on any atom is 0.0646 e. The normalized spacial score (nSPS) is 15.7. The van der Waals surface area contributed by atoms with Gasteiger partial charge in [0.25, 0.3) is 0 Å². The van der Waals surface area contributed by atoms with Crippen LogP contribution >= 0.6 is 15.9 Å². The lowest BCUT2D eigenvalue weighted by atomic mass is 9.96. The fraction of sp³-hybridized carbons (Fsp3) is 0.240. The first-order valence-electron chi connectivity index (χ1n) is 10.1. The Morgan fingerprint density at radius 1 is 0.759 bits per heavy atom. The SMILES string of the molecule is C/C(=N/N1CCN(C(c2ccccc2)c2ccccc2)CC1)c1ccc(Br)cc1. The molecule has 4 heteroatoms. The van der Waals surface area contributed by atoms with E-state index in [4.69, 9.17) is 5.10 Å². The Hall–Kier alpha value is -2.43. The summed E-state index contributed by atoms with van der Waals surface area (Å²) < 4.78 is 1.09. The van der Waals surface area contributed by atoms with E-state index >= 15 is 0 Å². The van der Waals surface area contributed by atoms with Crippen LogP contribution in [0.3, 0.4) is 0 Å². The highest BCUT2D eigenvalue weighted by Crippen LogP contribution is 2.29. The first-order chi connectivity index (χ1) is 14.2. The van der Waals surface area contributed by atoms with Crippen molar-refractivity contribution in [2.75, 3.05) is 26.2 Å². The van der Waals surface area contributed by atoms with Gasteiger partial charge in [-0.15, -0.1) is 0 Å². The van der Waals surface area contributed by atoms with Crippen molar-refractivity contribution in [1.29, 1.82) is 0 Å². The second kappa shape index (κ2) is 9.38. The lowest BCUT2D eigenvalue weighted by Gasteiger charge is -2.39. The van der Waals surface area contributed by atoms with E-state index in [1.807, 2.05) is 0 Å². The summed E-state index contributed by atoms with van der Waals surface area (Å²) in [5.74, 6) is 0. The van der Waals surface area contributed by atoms with E-state index in [-0.39, 0.29) is 6.04 Å². The molecule has 1 saturated heterocycles. The second-order valence-electron chi connectivity index (χ2n) is 7.41. The molecule has 148 valence electrons. The van der Waals surface area contributed by atoms with E-state index in [1.165, 1.54) is 16.7 Å². The fourth-order valence-electron chi connectivity index (χ4n) is 3.92. The van der Waals surface area contributed by atoms with Gasteiger partial charge in [0.05, 0.1) is 11.8 Å². The molecule has 0 aliphatic carbocycles. The summed E-state index contributed by atoms with van der Waals surface area (Å²) in [4.78, 5) is 2.58. The maximum absolute atomic E-state index is 4.88. The zero-order chi connectivity index (χ0) is 20.1. The van der Waals surface area contributed by atoms with Crippen molar-refractivity contribution in [1.82, 2.24) is 9.91 Å². The molecule has 0 bridgehead atoms. The molecule has 0 atom stereocenters. The highest BCUT2D eigenvalue weighted by Gasteiger charge is 2.26. The van der Waals surface area contributed by atoms with Crippen LogP contribution in [0, 0.1) is 0 Å². The minimum absolute atomic E-state index is 0.288. The van der Waals surface area contributed by atoms with E-state index in [1.54, 1.807) is 0 Å². The van der Waals surface area contributed by atoms with E-state index in [2.05, 4.69) is 118 Å². The molecule has 0 amide bonds. The van der Waals surface area contributed by atoms with Crippen LogP contribution in [0.2, 0.25) is 0 Å². The minimum Gasteiger partial charge on any atom is -0.294 e. The summed E-state index contributed by atoms with van der Waals surface area (Å²) in [6, 6.07) is 30.3. The van der Waals surface area contributed by atoms with Crippen molar-refractivity contribution in [3.05, 3.63) is 106 Å². The summed E-state index contributed by atoms with van der Waals surface area (Å²) in [6.45, 7) is 5.94. The molecule has 3 nitrogen and oxygen atoms in total. The zero-order valence-electron chi connectivity index (χ0n) is 16.7. The summed E-state index contributed by atoms with van der Waals surface area (Å²) in [7, 11) is 0. The second-order valence-corrected chi connectivity index (χ2v) is 8.32. The Bertz CT molecular complexity index is 891. The number of hydrogen-bond acceptors (Lipinski definition) is 3. The van der Waals surface area contributed by atoms with E-state index in [0.717, 1.165) is 36.4 Å². The van der Waals surface area contributed by atoms with Crippen molar-refractivity contribution < 1.29 is 0 Å². The Labute approximate surface area is 181 Å². The Balaban J connectivity index is 1.48. The number of rotatable bonds is 5. The highest BCUT2D eigenvalue weighted by molar-refractivity contribution is 9.10. The van der Waals surface area contributed by atoms with Crippen LogP contribution in [0.5, 0.6) is 0 Å². The number of hydrogen-bond donors (Lipinski definition) is 0. The first-order valence-corrected chi connectivity index (χ1v) is 10.9. The molecule has 0 radical (unpaired) electrons. The number of halogens is 1. The van der Waals surface area contributed by atoms with Crippen molar-refractivity contribution in [2.45, 2.75) is 13.0 Å². The van der Waals surface area contributed by atoms with Crippen LogP contribution in [0.25, 0.3) is 0 Å². The van der Waals surface area contributed by atoms with Crippen LogP contribution in [-0.2, 0) is 0 Å². The molecule has 0 N–H and O–H groups in total. The maximum atomic E-state index is 4.88. The van der Waals surface area contributed by atoms with Gasteiger partial charge in [-0.25, -0.2) is 0 Å². The van der Waals surface area contributed by atoms with E-state index in [9.17, 15) is 0 Å². The van der Waals surface area contributed by atoms with Crippen LogP contribution in [0.1, 0.15) is 29.7 Å².